The van der Waals surface area contributed by atoms with Crippen LogP contribution in [0.2, 0.25) is 0 Å². The van der Waals surface area contributed by atoms with Gasteiger partial charge in [0.15, 0.2) is 0 Å². The molecule has 1 unspecified atom stereocenters. The van der Waals surface area contributed by atoms with Gasteiger partial charge in [-0.2, -0.15) is 0 Å². The first-order valence-corrected chi connectivity index (χ1v) is 7.46. The van der Waals surface area contributed by atoms with Crippen molar-refractivity contribution in [2.24, 2.45) is 11.3 Å². The van der Waals surface area contributed by atoms with Gasteiger partial charge in [0.2, 0.25) is 0 Å². The summed E-state index contributed by atoms with van der Waals surface area (Å²) in [5.41, 5.74) is 0.557. The highest BCUT2D eigenvalue weighted by molar-refractivity contribution is 4.83. The SMILES string of the molecule is CC(C)NCCCNCC1CCCCC1(C)C. The molecule has 0 saturated heterocycles. The molecule has 2 nitrogen and oxygen atoms in total. The largest absolute Gasteiger partial charge is 0.316 e. The molecule has 0 spiro atoms. The maximum atomic E-state index is 3.64. The van der Waals surface area contributed by atoms with Crippen LogP contribution >= 0.6 is 0 Å². The van der Waals surface area contributed by atoms with Crippen molar-refractivity contribution in [2.75, 3.05) is 19.6 Å². The smallest absolute Gasteiger partial charge is 0.00103 e. The van der Waals surface area contributed by atoms with Gasteiger partial charge >= 0.3 is 0 Å². The van der Waals surface area contributed by atoms with E-state index in [-0.39, 0.29) is 0 Å². The Morgan fingerprint density at radius 3 is 2.59 bits per heavy atom. The van der Waals surface area contributed by atoms with E-state index in [1.165, 1.54) is 38.6 Å². The molecule has 0 radical (unpaired) electrons. The molecule has 1 aliphatic carbocycles. The van der Waals surface area contributed by atoms with Crippen molar-refractivity contribution in [3.63, 3.8) is 0 Å². The highest BCUT2D eigenvalue weighted by atomic mass is 14.9. The second-order valence-corrected chi connectivity index (χ2v) is 6.60. The van der Waals surface area contributed by atoms with Gasteiger partial charge in [-0.05, 0) is 50.2 Å². The Morgan fingerprint density at radius 1 is 1.18 bits per heavy atom. The molecule has 0 aromatic rings. The van der Waals surface area contributed by atoms with Crippen LogP contribution < -0.4 is 10.6 Å². The molecule has 1 rings (SSSR count). The zero-order chi connectivity index (χ0) is 12.7. The van der Waals surface area contributed by atoms with Gasteiger partial charge in [-0.1, -0.05) is 40.5 Å². The maximum Gasteiger partial charge on any atom is 0.00103 e. The molecule has 2 N–H and O–H groups in total. The molecule has 0 aliphatic heterocycles. The van der Waals surface area contributed by atoms with Crippen molar-refractivity contribution in [2.45, 2.75) is 65.8 Å². The summed E-state index contributed by atoms with van der Waals surface area (Å²) in [6.07, 6.45) is 6.94. The van der Waals surface area contributed by atoms with Crippen LogP contribution in [0, 0.1) is 11.3 Å². The minimum Gasteiger partial charge on any atom is -0.316 e. The normalized spacial score (nSPS) is 24.2. The first-order chi connectivity index (χ1) is 8.02. The average molecular weight is 240 g/mol. The molecule has 0 aromatic heterocycles. The molecule has 0 amide bonds. The summed E-state index contributed by atoms with van der Waals surface area (Å²) in [5, 5.41) is 7.10. The molecular weight excluding hydrogens is 208 g/mol. The summed E-state index contributed by atoms with van der Waals surface area (Å²) in [6, 6.07) is 0.618. The maximum absolute atomic E-state index is 3.64. The second kappa shape index (κ2) is 7.38. The van der Waals surface area contributed by atoms with Gasteiger partial charge < -0.3 is 10.6 Å². The molecule has 17 heavy (non-hydrogen) atoms. The Hall–Kier alpha value is -0.0800. The molecule has 1 atom stereocenters. The lowest BCUT2D eigenvalue weighted by Crippen LogP contribution is -2.37. The van der Waals surface area contributed by atoms with E-state index < -0.39 is 0 Å². The van der Waals surface area contributed by atoms with Gasteiger partial charge in [-0.15, -0.1) is 0 Å². The van der Waals surface area contributed by atoms with Gasteiger partial charge in [-0.25, -0.2) is 0 Å². The summed E-state index contributed by atoms with van der Waals surface area (Å²) < 4.78 is 0. The second-order valence-electron chi connectivity index (χ2n) is 6.60. The number of hydrogen-bond donors (Lipinski definition) is 2. The lowest BCUT2D eigenvalue weighted by Gasteiger charge is -2.38. The zero-order valence-corrected chi connectivity index (χ0v) is 12.3. The van der Waals surface area contributed by atoms with E-state index in [2.05, 4.69) is 38.3 Å². The molecule has 2 heteroatoms. The minimum absolute atomic E-state index is 0.557. The number of nitrogens with one attached hydrogen (secondary N) is 2. The van der Waals surface area contributed by atoms with Crippen molar-refractivity contribution in [3.05, 3.63) is 0 Å². The van der Waals surface area contributed by atoms with Crippen LogP contribution in [-0.2, 0) is 0 Å². The first kappa shape index (κ1) is 15.0. The molecule has 0 bridgehead atoms. The van der Waals surface area contributed by atoms with Crippen molar-refractivity contribution in [3.8, 4) is 0 Å². The lowest BCUT2D eigenvalue weighted by molar-refractivity contribution is 0.136. The Balaban J connectivity index is 2.05. The van der Waals surface area contributed by atoms with Crippen LogP contribution in [0.3, 0.4) is 0 Å². The van der Waals surface area contributed by atoms with E-state index in [9.17, 15) is 0 Å². The fourth-order valence-electron chi connectivity index (χ4n) is 2.82. The fraction of sp³-hybridized carbons (Fsp3) is 1.00. The summed E-state index contributed by atoms with van der Waals surface area (Å²) in [5.74, 6) is 0.884. The molecule has 1 aliphatic rings. The monoisotopic (exact) mass is 240 g/mol. The van der Waals surface area contributed by atoms with E-state index >= 15 is 0 Å². The predicted molar refractivity (Wildman–Crippen MR) is 76.4 cm³/mol. The number of hydrogen-bond acceptors (Lipinski definition) is 2. The fourth-order valence-corrected chi connectivity index (χ4v) is 2.82. The molecular formula is C15H32N2. The lowest BCUT2D eigenvalue weighted by atomic mass is 9.69. The van der Waals surface area contributed by atoms with E-state index in [1.807, 2.05) is 0 Å². The molecule has 1 fully saturated rings. The molecule has 1 saturated carbocycles. The van der Waals surface area contributed by atoms with Crippen molar-refractivity contribution in [1.82, 2.24) is 10.6 Å². The van der Waals surface area contributed by atoms with Gasteiger partial charge in [0.25, 0.3) is 0 Å². The van der Waals surface area contributed by atoms with E-state index in [0.29, 0.717) is 11.5 Å². The van der Waals surface area contributed by atoms with Crippen LogP contribution in [0.4, 0.5) is 0 Å². The van der Waals surface area contributed by atoms with Crippen molar-refractivity contribution < 1.29 is 0 Å². The zero-order valence-electron chi connectivity index (χ0n) is 12.3. The summed E-state index contributed by atoms with van der Waals surface area (Å²) in [4.78, 5) is 0. The summed E-state index contributed by atoms with van der Waals surface area (Å²) >= 11 is 0. The van der Waals surface area contributed by atoms with E-state index in [0.717, 1.165) is 19.0 Å². The third kappa shape index (κ3) is 5.87. The van der Waals surface area contributed by atoms with Gasteiger partial charge in [0.1, 0.15) is 0 Å². The van der Waals surface area contributed by atoms with Crippen LogP contribution in [0.25, 0.3) is 0 Å². The topological polar surface area (TPSA) is 24.1 Å². The third-order valence-electron chi connectivity index (χ3n) is 4.20. The highest BCUT2D eigenvalue weighted by Crippen LogP contribution is 2.39. The average Bonchev–Trinajstić information content (AvgIpc) is 2.24. The van der Waals surface area contributed by atoms with Crippen LogP contribution in [0.1, 0.15) is 59.8 Å². The Bertz CT molecular complexity index is 199. The Labute approximate surface area is 108 Å². The summed E-state index contributed by atoms with van der Waals surface area (Å²) in [7, 11) is 0. The van der Waals surface area contributed by atoms with E-state index in [4.69, 9.17) is 0 Å². The Kier molecular flexibility index (Phi) is 6.50. The van der Waals surface area contributed by atoms with Crippen LogP contribution in [-0.4, -0.2) is 25.7 Å². The van der Waals surface area contributed by atoms with Gasteiger partial charge in [-0.3, -0.25) is 0 Å². The number of rotatable bonds is 7. The molecule has 0 aromatic carbocycles. The first-order valence-electron chi connectivity index (χ1n) is 7.46. The van der Waals surface area contributed by atoms with Gasteiger partial charge in [0, 0.05) is 6.04 Å². The molecule has 102 valence electrons. The highest BCUT2D eigenvalue weighted by Gasteiger charge is 2.31. The van der Waals surface area contributed by atoms with E-state index in [1.54, 1.807) is 0 Å². The summed E-state index contributed by atoms with van der Waals surface area (Å²) in [6.45, 7) is 12.8. The molecule has 0 heterocycles. The van der Waals surface area contributed by atoms with Crippen molar-refractivity contribution >= 4 is 0 Å². The van der Waals surface area contributed by atoms with Crippen molar-refractivity contribution in [1.29, 1.82) is 0 Å². The predicted octanol–water partition coefficient (Wildman–Crippen LogP) is 3.18. The van der Waals surface area contributed by atoms with Gasteiger partial charge in [0.05, 0.1) is 0 Å². The minimum atomic E-state index is 0.557. The van der Waals surface area contributed by atoms with Crippen LogP contribution in [0.5, 0.6) is 0 Å². The standard InChI is InChI=1S/C15H32N2/c1-13(2)17-11-7-10-16-12-14-8-5-6-9-15(14,3)4/h13-14,16-17H,5-12H2,1-4H3. The quantitative estimate of drug-likeness (QED) is 0.668. The third-order valence-corrected chi connectivity index (χ3v) is 4.20. The van der Waals surface area contributed by atoms with Crippen LogP contribution in [0.15, 0.2) is 0 Å². The Morgan fingerprint density at radius 2 is 1.94 bits per heavy atom.